The van der Waals surface area contributed by atoms with Gasteiger partial charge in [0.25, 0.3) is 0 Å². The topological polar surface area (TPSA) is 33.1 Å². The van der Waals surface area contributed by atoms with Crippen LogP contribution in [0, 0.1) is 0 Å². The van der Waals surface area contributed by atoms with Gasteiger partial charge < -0.3 is 10.2 Å². The van der Waals surface area contributed by atoms with Crippen molar-refractivity contribution >= 4 is 0 Å². The van der Waals surface area contributed by atoms with E-state index in [1.807, 2.05) is 17.9 Å². The fourth-order valence-corrected chi connectivity index (χ4v) is 1.86. The highest BCUT2D eigenvalue weighted by Gasteiger charge is 2.10. The second-order valence-corrected chi connectivity index (χ2v) is 4.93. The average molecular weight is 238 g/mol. The van der Waals surface area contributed by atoms with Crippen LogP contribution >= 0.6 is 0 Å². The molecule has 0 bridgehead atoms. The molecule has 1 heterocycles. The average Bonchev–Trinajstić information content (AvgIpc) is 2.68. The maximum atomic E-state index is 4.45. The minimum atomic E-state index is 0.534. The van der Waals surface area contributed by atoms with E-state index in [1.54, 1.807) is 0 Å². The molecule has 1 atom stereocenters. The monoisotopic (exact) mass is 238 g/mol. The lowest BCUT2D eigenvalue weighted by atomic mass is 10.1. The van der Waals surface area contributed by atoms with Gasteiger partial charge >= 0.3 is 0 Å². The highest BCUT2D eigenvalue weighted by atomic mass is 15.2. The lowest BCUT2D eigenvalue weighted by Crippen LogP contribution is -2.34. The van der Waals surface area contributed by atoms with Gasteiger partial charge in [0, 0.05) is 25.7 Å². The van der Waals surface area contributed by atoms with Crippen LogP contribution in [-0.4, -0.2) is 47.9 Å². The first-order valence-corrected chi connectivity index (χ1v) is 6.48. The Kier molecular flexibility index (Phi) is 6.22. The third-order valence-corrected chi connectivity index (χ3v) is 2.83. The zero-order chi connectivity index (χ0) is 12.7. The summed E-state index contributed by atoms with van der Waals surface area (Å²) in [7, 11) is 6.22. The lowest BCUT2D eigenvalue weighted by Gasteiger charge is -2.19. The lowest BCUT2D eigenvalue weighted by molar-refractivity contribution is 0.355. The highest BCUT2D eigenvalue weighted by Crippen LogP contribution is 2.04. The summed E-state index contributed by atoms with van der Waals surface area (Å²) in [6, 6.07) is 2.64. The van der Waals surface area contributed by atoms with Crippen molar-refractivity contribution in [2.75, 3.05) is 27.2 Å². The molecular formula is C13H26N4. The number of rotatable bonds is 8. The van der Waals surface area contributed by atoms with Crippen LogP contribution in [0.25, 0.3) is 0 Å². The number of aromatic nitrogens is 2. The van der Waals surface area contributed by atoms with Crippen molar-refractivity contribution < 1.29 is 0 Å². The molecule has 1 N–H and O–H groups in total. The molecule has 98 valence electrons. The highest BCUT2D eigenvalue weighted by molar-refractivity contribution is 5.01. The van der Waals surface area contributed by atoms with Gasteiger partial charge in [0.2, 0.25) is 0 Å². The van der Waals surface area contributed by atoms with E-state index >= 15 is 0 Å². The molecule has 4 heteroatoms. The Morgan fingerprint density at radius 3 is 2.76 bits per heavy atom. The summed E-state index contributed by atoms with van der Waals surface area (Å²) in [4.78, 5) is 2.24. The van der Waals surface area contributed by atoms with Gasteiger partial charge in [-0.15, -0.1) is 0 Å². The fraction of sp³-hybridized carbons (Fsp3) is 0.769. The third-order valence-electron chi connectivity index (χ3n) is 2.83. The Hall–Kier alpha value is -0.870. The van der Waals surface area contributed by atoms with Crippen molar-refractivity contribution in [1.82, 2.24) is 20.0 Å². The molecule has 1 aromatic rings. The SMILES string of the molecule is CCCNC(CCN(C)C)Cc1ccn(C)n1. The summed E-state index contributed by atoms with van der Waals surface area (Å²) in [6.07, 6.45) is 5.39. The molecule has 0 fully saturated rings. The number of nitrogens with zero attached hydrogens (tertiary/aromatic N) is 3. The Bertz CT molecular complexity index is 306. The Morgan fingerprint density at radius 1 is 1.47 bits per heavy atom. The summed E-state index contributed by atoms with van der Waals surface area (Å²) in [6.45, 7) is 4.41. The summed E-state index contributed by atoms with van der Waals surface area (Å²) in [5.74, 6) is 0. The molecule has 4 nitrogen and oxygen atoms in total. The molecule has 0 aliphatic heterocycles. The van der Waals surface area contributed by atoms with Crippen LogP contribution in [0.1, 0.15) is 25.5 Å². The van der Waals surface area contributed by atoms with Crippen LogP contribution in [0.4, 0.5) is 0 Å². The number of nitrogens with one attached hydrogen (secondary N) is 1. The van der Waals surface area contributed by atoms with Crippen LogP contribution < -0.4 is 5.32 Å². The number of hydrogen-bond acceptors (Lipinski definition) is 3. The minimum absolute atomic E-state index is 0.534. The molecule has 0 amide bonds. The van der Waals surface area contributed by atoms with Crippen LogP contribution in [0.5, 0.6) is 0 Å². The molecule has 1 aromatic heterocycles. The van der Waals surface area contributed by atoms with Gasteiger partial charge in [-0.25, -0.2) is 0 Å². The minimum Gasteiger partial charge on any atom is -0.314 e. The Balaban J connectivity index is 2.44. The third kappa shape index (κ3) is 5.84. The molecular weight excluding hydrogens is 212 g/mol. The van der Waals surface area contributed by atoms with Gasteiger partial charge in [-0.2, -0.15) is 5.10 Å². The largest absolute Gasteiger partial charge is 0.314 e. The van der Waals surface area contributed by atoms with E-state index in [4.69, 9.17) is 0 Å². The van der Waals surface area contributed by atoms with Crippen LogP contribution in [0.15, 0.2) is 12.3 Å². The van der Waals surface area contributed by atoms with Crippen molar-refractivity contribution in [3.05, 3.63) is 18.0 Å². The molecule has 0 radical (unpaired) electrons. The smallest absolute Gasteiger partial charge is 0.0640 e. The van der Waals surface area contributed by atoms with Crippen LogP contribution in [-0.2, 0) is 13.5 Å². The standard InChI is InChI=1S/C13H26N4/c1-5-8-14-12(6-9-16(2)3)11-13-7-10-17(4)15-13/h7,10,12,14H,5-6,8-9,11H2,1-4H3. The van der Waals surface area contributed by atoms with Gasteiger partial charge in [0.05, 0.1) is 5.69 Å². The second-order valence-electron chi connectivity index (χ2n) is 4.93. The molecule has 0 spiro atoms. The molecule has 0 aromatic carbocycles. The van der Waals surface area contributed by atoms with E-state index in [9.17, 15) is 0 Å². The molecule has 17 heavy (non-hydrogen) atoms. The normalized spacial score (nSPS) is 13.2. The van der Waals surface area contributed by atoms with E-state index in [0.717, 1.165) is 19.5 Å². The van der Waals surface area contributed by atoms with Crippen molar-refractivity contribution in [1.29, 1.82) is 0 Å². The van der Waals surface area contributed by atoms with Gasteiger partial charge in [0.15, 0.2) is 0 Å². The Morgan fingerprint density at radius 2 is 2.24 bits per heavy atom. The Labute approximate surface area is 105 Å². The first-order chi connectivity index (χ1) is 8.11. The predicted octanol–water partition coefficient (Wildman–Crippen LogP) is 1.28. The maximum Gasteiger partial charge on any atom is 0.0640 e. The zero-order valence-electron chi connectivity index (χ0n) is 11.6. The molecule has 0 aliphatic carbocycles. The summed E-state index contributed by atoms with van der Waals surface area (Å²) in [5, 5.41) is 8.06. The van der Waals surface area contributed by atoms with E-state index in [2.05, 4.69) is 42.4 Å². The molecule has 1 rings (SSSR count). The van der Waals surface area contributed by atoms with E-state index in [-0.39, 0.29) is 0 Å². The molecule has 1 unspecified atom stereocenters. The van der Waals surface area contributed by atoms with E-state index in [0.29, 0.717) is 6.04 Å². The van der Waals surface area contributed by atoms with E-state index in [1.165, 1.54) is 18.5 Å². The van der Waals surface area contributed by atoms with Gasteiger partial charge in [-0.3, -0.25) is 4.68 Å². The fourth-order valence-electron chi connectivity index (χ4n) is 1.86. The zero-order valence-corrected chi connectivity index (χ0v) is 11.6. The summed E-state index contributed by atoms with van der Waals surface area (Å²) < 4.78 is 1.87. The predicted molar refractivity (Wildman–Crippen MR) is 72.2 cm³/mol. The van der Waals surface area contributed by atoms with E-state index < -0.39 is 0 Å². The molecule has 0 aliphatic rings. The first-order valence-electron chi connectivity index (χ1n) is 6.48. The van der Waals surface area contributed by atoms with Gasteiger partial charge in [0.1, 0.15) is 0 Å². The van der Waals surface area contributed by atoms with Gasteiger partial charge in [-0.05, 0) is 46.1 Å². The quantitative estimate of drug-likeness (QED) is 0.741. The first kappa shape index (κ1) is 14.2. The van der Waals surface area contributed by atoms with Crippen molar-refractivity contribution in [3.8, 4) is 0 Å². The van der Waals surface area contributed by atoms with Crippen molar-refractivity contribution in [3.63, 3.8) is 0 Å². The molecule has 0 saturated carbocycles. The maximum absolute atomic E-state index is 4.45. The van der Waals surface area contributed by atoms with Crippen molar-refractivity contribution in [2.45, 2.75) is 32.2 Å². The van der Waals surface area contributed by atoms with Gasteiger partial charge in [-0.1, -0.05) is 6.92 Å². The molecule has 0 saturated heterocycles. The second kappa shape index (κ2) is 7.45. The van der Waals surface area contributed by atoms with Crippen LogP contribution in [0.2, 0.25) is 0 Å². The van der Waals surface area contributed by atoms with Crippen LogP contribution in [0.3, 0.4) is 0 Å². The van der Waals surface area contributed by atoms with Crippen molar-refractivity contribution in [2.24, 2.45) is 7.05 Å². The number of hydrogen-bond donors (Lipinski definition) is 1. The number of aryl methyl sites for hydroxylation is 1. The summed E-state index contributed by atoms with van der Waals surface area (Å²) >= 11 is 0. The summed E-state index contributed by atoms with van der Waals surface area (Å²) in [5.41, 5.74) is 1.18.